The van der Waals surface area contributed by atoms with Crippen molar-refractivity contribution in [2.24, 2.45) is 0 Å². The van der Waals surface area contributed by atoms with E-state index in [4.69, 9.17) is 0 Å². The summed E-state index contributed by atoms with van der Waals surface area (Å²) in [5.74, 6) is -0.250. The van der Waals surface area contributed by atoms with Gasteiger partial charge in [-0.2, -0.15) is 0 Å². The lowest BCUT2D eigenvalue weighted by Gasteiger charge is -2.01. The van der Waals surface area contributed by atoms with Crippen molar-refractivity contribution in [3.63, 3.8) is 0 Å². The summed E-state index contributed by atoms with van der Waals surface area (Å²) in [5, 5.41) is 0. The van der Waals surface area contributed by atoms with E-state index < -0.39 is 0 Å². The molecule has 3 heteroatoms. The van der Waals surface area contributed by atoms with Crippen molar-refractivity contribution in [3.8, 4) is 0 Å². The van der Waals surface area contributed by atoms with Crippen molar-refractivity contribution in [2.75, 3.05) is 0 Å². The van der Waals surface area contributed by atoms with Gasteiger partial charge in [0.1, 0.15) is 5.82 Å². The van der Waals surface area contributed by atoms with Gasteiger partial charge in [0, 0.05) is 9.13 Å². The zero-order chi connectivity index (χ0) is 8.43. The first-order chi connectivity index (χ1) is 5.16. The SMILES string of the molecule is C=Cc1c(I)ccc(F)c1Br. The van der Waals surface area contributed by atoms with Gasteiger partial charge in [0.25, 0.3) is 0 Å². The van der Waals surface area contributed by atoms with Crippen LogP contribution in [0.25, 0.3) is 6.08 Å². The molecule has 0 amide bonds. The number of benzene rings is 1. The molecule has 0 N–H and O–H groups in total. The highest BCUT2D eigenvalue weighted by molar-refractivity contribution is 14.1. The molecule has 0 aliphatic rings. The maximum Gasteiger partial charge on any atom is 0.138 e. The van der Waals surface area contributed by atoms with E-state index in [1.165, 1.54) is 6.07 Å². The van der Waals surface area contributed by atoms with Gasteiger partial charge in [0.15, 0.2) is 0 Å². The van der Waals surface area contributed by atoms with Gasteiger partial charge in [-0.05, 0) is 50.7 Å². The van der Waals surface area contributed by atoms with Gasteiger partial charge in [0.2, 0.25) is 0 Å². The van der Waals surface area contributed by atoms with Gasteiger partial charge in [-0.3, -0.25) is 0 Å². The minimum atomic E-state index is -0.250. The average Bonchev–Trinajstić information content (AvgIpc) is 1.99. The second-order valence-electron chi connectivity index (χ2n) is 1.96. The summed E-state index contributed by atoms with van der Waals surface area (Å²) in [4.78, 5) is 0. The van der Waals surface area contributed by atoms with E-state index in [0.29, 0.717) is 4.47 Å². The van der Waals surface area contributed by atoms with Crippen LogP contribution in [0.3, 0.4) is 0 Å². The Bertz CT molecular complexity index is 296. The Balaban J connectivity index is 3.40. The van der Waals surface area contributed by atoms with E-state index in [1.54, 1.807) is 12.1 Å². The molecular weight excluding hydrogens is 322 g/mol. The van der Waals surface area contributed by atoms with Crippen LogP contribution in [0.4, 0.5) is 4.39 Å². The van der Waals surface area contributed by atoms with E-state index in [0.717, 1.165) is 9.13 Å². The summed E-state index contributed by atoms with van der Waals surface area (Å²) < 4.78 is 14.3. The van der Waals surface area contributed by atoms with Gasteiger partial charge in [-0.15, -0.1) is 0 Å². The third-order valence-electron chi connectivity index (χ3n) is 1.28. The highest BCUT2D eigenvalue weighted by Gasteiger charge is 2.05. The molecule has 1 aromatic rings. The van der Waals surface area contributed by atoms with E-state index in [-0.39, 0.29) is 5.82 Å². The first-order valence-corrected chi connectivity index (χ1v) is 4.80. The fraction of sp³-hybridized carbons (Fsp3) is 0. The van der Waals surface area contributed by atoms with Crippen LogP contribution in [0.15, 0.2) is 23.2 Å². The smallest absolute Gasteiger partial charge is 0.138 e. The van der Waals surface area contributed by atoms with Gasteiger partial charge < -0.3 is 0 Å². The molecular formula is C8H5BrFI. The van der Waals surface area contributed by atoms with E-state index in [1.807, 2.05) is 0 Å². The molecule has 0 nitrogen and oxygen atoms in total. The molecule has 0 aromatic heterocycles. The molecule has 0 saturated heterocycles. The fourth-order valence-corrected chi connectivity index (χ4v) is 2.28. The first-order valence-electron chi connectivity index (χ1n) is 2.92. The Kier molecular flexibility index (Phi) is 3.06. The minimum Gasteiger partial charge on any atom is -0.206 e. The Morgan fingerprint density at radius 1 is 1.55 bits per heavy atom. The molecule has 0 radical (unpaired) electrons. The van der Waals surface area contributed by atoms with Crippen LogP contribution < -0.4 is 0 Å². The molecule has 0 unspecified atom stereocenters. The van der Waals surface area contributed by atoms with Crippen LogP contribution in [0.2, 0.25) is 0 Å². The number of hydrogen-bond acceptors (Lipinski definition) is 0. The van der Waals surface area contributed by atoms with Gasteiger partial charge in [0.05, 0.1) is 4.47 Å². The van der Waals surface area contributed by atoms with Crippen molar-refractivity contribution < 1.29 is 4.39 Å². The first kappa shape index (κ1) is 9.19. The van der Waals surface area contributed by atoms with E-state index >= 15 is 0 Å². The third-order valence-corrected chi connectivity index (χ3v) is 3.03. The van der Waals surface area contributed by atoms with Crippen molar-refractivity contribution in [2.45, 2.75) is 0 Å². The fourth-order valence-electron chi connectivity index (χ4n) is 0.730. The molecule has 0 bridgehead atoms. The second-order valence-corrected chi connectivity index (χ2v) is 3.92. The second kappa shape index (κ2) is 3.67. The molecule has 0 atom stereocenters. The van der Waals surface area contributed by atoms with Crippen LogP contribution in [-0.4, -0.2) is 0 Å². The van der Waals surface area contributed by atoms with Crippen molar-refractivity contribution in [1.82, 2.24) is 0 Å². The van der Waals surface area contributed by atoms with Crippen molar-refractivity contribution in [1.29, 1.82) is 0 Å². The number of rotatable bonds is 1. The molecule has 0 heterocycles. The molecule has 0 spiro atoms. The summed E-state index contributed by atoms with van der Waals surface area (Å²) in [6, 6.07) is 3.15. The molecule has 0 aliphatic carbocycles. The molecule has 11 heavy (non-hydrogen) atoms. The largest absolute Gasteiger partial charge is 0.206 e. The maximum absolute atomic E-state index is 12.8. The quantitative estimate of drug-likeness (QED) is 0.543. The standard InChI is InChI=1S/C8H5BrFI/c1-2-5-7(11)4-3-6(10)8(5)9/h2-4H,1H2. The normalized spacial score (nSPS) is 9.73. The lowest BCUT2D eigenvalue weighted by Crippen LogP contribution is -1.85. The number of halogens is 3. The van der Waals surface area contributed by atoms with Crippen LogP contribution in [0.5, 0.6) is 0 Å². The lowest BCUT2D eigenvalue weighted by atomic mass is 10.2. The maximum atomic E-state index is 12.8. The van der Waals surface area contributed by atoms with Crippen LogP contribution in [0.1, 0.15) is 5.56 Å². The highest BCUT2D eigenvalue weighted by atomic mass is 127. The molecule has 58 valence electrons. The lowest BCUT2D eigenvalue weighted by molar-refractivity contribution is 0.620. The van der Waals surface area contributed by atoms with Crippen LogP contribution in [-0.2, 0) is 0 Å². The van der Waals surface area contributed by atoms with Crippen molar-refractivity contribution in [3.05, 3.63) is 38.1 Å². The summed E-state index contributed by atoms with van der Waals surface area (Å²) in [7, 11) is 0. The Morgan fingerprint density at radius 3 is 2.64 bits per heavy atom. The average molecular weight is 327 g/mol. The Labute approximate surface area is 86.8 Å². The van der Waals surface area contributed by atoms with Gasteiger partial charge >= 0.3 is 0 Å². The Hall–Kier alpha value is 0.1000. The molecule has 1 aromatic carbocycles. The summed E-state index contributed by atoms with van der Waals surface area (Å²) >= 11 is 5.27. The third kappa shape index (κ3) is 1.82. The van der Waals surface area contributed by atoms with E-state index in [2.05, 4.69) is 45.1 Å². The molecule has 1 rings (SSSR count). The predicted octanol–water partition coefficient (Wildman–Crippen LogP) is 3.84. The predicted molar refractivity (Wildman–Crippen MR) is 56.9 cm³/mol. The van der Waals surface area contributed by atoms with Crippen LogP contribution >= 0.6 is 38.5 Å². The summed E-state index contributed by atoms with van der Waals surface area (Å²) in [6.45, 7) is 3.59. The van der Waals surface area contributed by atoms with Crippen LogP contribution in [0, 0.1) is 9.39 Å². The summed E-state index contributed by atoms with van der Waals surface area (Å²) in [6.07, 6.45) is 1.63. The zero-order valence-corrected chi connectivity index (χ0v) is 9.32. The monoisotopic (exact) mass is 326 g/mol. The molecule has 0 saturated carbocycles. The van der Waals surface area contributed by atoms with Crippen molar-refractivity contribution >= 4 is 44.6 Å². The van der Waals surface area contributed by atoms with Gasteiger partial charge in [-0.25, -0.2) is 4.39 Å². The minimum absolute atomic E-state index is 0.250. The zero-order valence-electron chi connectivity index (χ0n) is 5.57. The van der Waals surface area contributed by atoms with E-state index in [9.17, 15) is 4.39 Å². The summed E-state index contributed by atoms with van der Waals surface area (Å²) in [5.41, 5.74) is 0.811. The molecule has 0 fully saturated rings. The topological polar surface area (TPSA) is 0 Å². The highest BCUT2D eigenvalue weighted by Crippen LogP contribution is 2.25. The number of hydrogen-bond donors (Lipinski definition) is 0. The Morgan fingerprint density at radius 2 is 2.18 bits per heavy atom. The van der Waals surface area contributed by atoms with Gasteiger partial charge in [-0.1, -0.05) is 12.7 Å². The molecule has 0 aliphatic heterocycles.